The molecule has 6 nitrogen and oxygen atoms in total. The maximum Gasteiger partial charge on any atom is 0.120 e. The number of benzene rings is 2. The van der Waals surface area contributed by atoms with Gasteiger partial charge in [-0.1, -0.05) is 38.3 Å². The first-order valence-electron chi connectivity index (χ1n) is 13.0. The largest absolute Gasteiger partial charge is 0.497 e. The van der Waals surface area contributed by atoms with Crippen LogP contribution in [-0.4, -0.2) is 82.5 Å². The molecule has 0 radical (unpaired) electrons. The van der Waals surface area contributed by atoms with Gasteiger partial charge in [0.25, 0.3) is 0 Å². The number of anilines is 2. The van der Waals surface area contributed by atoms with Gasteiger partial charge in [0.2, 0.25) is 0 Å². The average molecular weight is 467 g/mol. The summed E-state index contributed by atoms with van der Waals surface area (Å²) < 4.78 is 10.9. The molecule has 0 amide bonds. The van der Waals surface area contributed by atoms with Gasteiger partial charge in [0.15, 0.2) is 0 Å². The highest BCUT2D eigenvalue weighted by Crippen LogP contribution is 2.26. The second-order valence-electron chi connectivity index (χ2n) is 9.43. The number of piperazine rings is 2. The van der Waals surface area contributed by atoms with E-state index in [0.29, 0.717) is 6.17 Å². The second kappa shape index (κ2) is 12.3. The highest BCUT2D eigenvalue weighted by Gasteiger charge is 2.30. The van der Waals surface area contributed by atoms with Gasteiger partial charge in [-0.2, -0.15) is 0 Å². The van der Waals surface area contributed by atoms with E-state index in [9.17, 15) is 0 Å². The fourth-order valence-corrected chi connectivity index (χ4v) is 5.34. The molecule has 2 aromatic rings. The van der Waals surface area contributed by atoms with E-state index in [-0.39, 0.29) is 0 Å². The summed E-state index contributed by atoms with van der Waals surface area (Å²) in [7, 11) is 3.48. The summed E-state index contributed by atoms with van der Waals surface area (Å²) in [4.78, 5) is 10.5. The Kier molecular flexibility index (Phi) is 8.94. The molecule has 2 aromatic carbocycles. The van der Waals surface area contributed by atoms with Gasteiger partial charge in [-0.15, -0.1) is 0 Å². The summed E-state index contributed by atoms with van der Waals surface area (Å²) in [5.41, 5.74) is 2.54. The van der Waals surface area contributed by atoms with Gasteiger partial charge in [0.05, 0.1) is 20.4 Å². The predicted molar refractivity (Wildman–Crippen MR) is 141 cm³/mol. The summed E-state index contributed by atoms with van der Waals surface area (Å²) in [5.74, 6) is 1.87. The Morgan fingerprint density at radius 2 is 1.15 bits per heavy atom. The quantitative estimate of drug-likeness (QED) is 0.478. The summed E-state index contributed by atoms with van der Waals surface area (Å²) in [5, 5.41) is 0. The number of nitrogens with zero attached hydrogens (tertiary/aromatic N) is 4. The number of ether oxygens (including phenoxy) is 2. The molecule has 2 saturated heterocycles. The van der Waals surface area contributed by atoms with Crippen molar-refractivity contribution in [2.75, 3.05) is 76.4 Å². The van der Waals surface area contributed by atoms with Crippen molar-refractivity contribution >= 4 is 11.4 Å². The zero-order valence-corrected chi connectivity index (χ0v) is 21.3. The molecule has 0 unspecified atom stereocenters. The second-order valence-corrected chi connectivity index (χ2v) is 9.43. The van der Waals surface area contributed by atoms with E-state index in [4.69, 9.17) is 9.47 Å². The molecule has 0 saturated carbocycles. The van der Waals surface area contributed by atoms with Crippen LogP contribution in [0.4, 0.5) is 11.4 Å². The molecule has 0 N–H and O–H groups in total. The maximum atomic E-state index is 5.44. The topological polar surface area (TPSA) is 31.4 Å². The van der Waals surface area contributed by atoms with Crippen molar-refractivity contribution in [2.24, 2.45) is 0 Å². The predicted octanol–water partition coefficient (Wildman–Crippen LogP) is 4.55. The van der Waals surface area contributed by atoms with Crippen molar-refractivity contribution in [1.29, 1.82) is 0 Å². The highest BCUT2D eigenvalue weighted by molar-refractivity contribution is 5.52. The SMILES string of the molecule is CCCCCC(N1CCN(c2cccc(OC)c2)CC1)N1CCN(c2cccc(OC)c2)CC1. The van der Waals surface area contributed by atoms with Crippen LogP contribution < -0.4 is 19.3 Å². The van der Waals surface area contributed by atoms with Gasteiger partial charge in [-0.3, -0.25) is 9.80 Å². The molecule has 2 fully saturated rings. The van der Waals surface area contributed by atoms with Crippen molar-refractivity contribution in [3.63, 3.8) is 0 Å². The average Bonchev–Trinajstić information content (AvgIpc) is 2.91. The normalized spacial score (nSPS) is 17.9. The fourth-order valence-electron chi connectivity index (χ4n) is 5.34. The van der Waals surface area contributed by atoms with Crippen LogP contribution in [0.25, 0.3) is 0 Å². The van der Waals surface area contributed by atoms with Crippen molar-refractivity contribution in [3.05, 3.63) is 48.5 Å². The van der Waals surface area contributed by atoms with E-state index >= 15 is 0 Å². The van der Waals surface area contributed by atoms with Crippen molar-refractivity contribution < 1.29 is 9.47 Å². The minimum atomic E-state index is 0.548. The number of unbranched alkanes of at least 4 members (excludes halogenated alkanes) is 2. The van der Waals surface area contributed by atoms with Gasteiger partial charge < -0.3 is 19.3 Å². The van der Waals surface area contributed by atoms with E-state index in [1.807, 2.05) is 12.1 Å². The molecule has 0 atom stereocenters. The molecule has 4 rings (SSSR count). The molecule has 2 aliphatic rings. The van der Waals surface area contributed by atoms with Crippen LogP contribution in [0.3, 0.4) is 0 Å². The van der Waals surface area contributed by atoms with E-state index in [1.54, 1.807) is 14.2 Å². The number of rotatable bonds is 10. The van der Waals surface area contributed by atoms with Crippen LogP contribution >= 0.6 is 0 Å². The van der Waals surface area contributed by atoms with Crippen LogP contribution in [0.5, 0.6) is 11.5 Å². The molecule has 6 heteroatoms. The van der Waals surface area contributed by atoms with Crippen molar-refractivity contribution in [1.82, 2.24) is 9.80 Å². The minimum Gasteiger partial charge on any atom is -0.497 e. The standard InChI is InChI=1S/C28H42N4O2/c1-4-5-6-13-28(31-18-14-29(15-19-31)24-9-7-11-26(22-24)33-2)32-20-16-30(17-21-32)25-10-8-12-27(23-25)34-3/h7-12,22-23,28H,4-6,13-21H2,1-3H3. The molecular weight excluding hydrogens is 424 g/mol. The monoisotopic (exact) mass is 466 g/mol. The Morgan fingerprint density at radius 1 is 0.676 bits per heavy atom. The lowest BCUT2D eigenvalue weighted by atomic mass is 10.1. The Morgan fingerprint density at radius 3 is 1.56 bits per heavy atom. The zero-order chi connectivity index (χ0) is 23.8. The molecule has 2 heterocycles. The smallest absolute Gasteiger partial charge is 0.120 e. The molecular formula is C28H42N4O2. The third-order valence-corrected chi connectivity index (χ3v) is 7.37. The molecule has 34 heavy (non-hydrogen) atoms. The van der Waals surface area contributed by atoms with Crippen molar-refractivity contribution in [2.45, 2.75) is 38.8 Å². The van der Waals surface area contributed by atoms with Gasteiger partial charge in [-0.25, -0.2) is 0 Å². The Bertz CT molecular complexity index is 809. The van der Waals surface area contributed by atoms with Gasteiger partial charge in [0.1, 0.15) is 11.5 Å². The summed E-state index contributed by atoms with van der Waals surface area (Å²) in [6, 6.07) is 17.0. The van der Waals surface area contributed by atoms with E-state index in [0.717, 1.165) is 63.9 Å². The Hall–Kier alpha value is -2.44. The van der Waals surface area contributed by atoms with Gasteiger partial charge >= 0.3 is 0 Å². The molecule has 0 aromatic heterocycles. The molecule has 0 bridgehead atoms. The zero-order valence-electron chi connectivity index (χ0n) is 21.3. The molecule has 186 valence electrons. The third kappa shape index (κ3) is 6.16. The number of hydrogen-bond donors (Lipinski definition) is 0. The van der Waals surface area contributed by atoms with Crippen LogP contribution in [0, 0.1) is 0 Å². The lowest BCUT2D eigenvalue weighted by molar-refractivity contribution is 0.0262. The maximum absolute atomic E-state index is 5.44. The summed E-state index contributed by atoms with van der Waals surface area (Å²) >= 11 is 0. The van der Waals surface area contributed by atoms with Crippen LogP contribution in [0.1, 0.15) is 32.6 Å². The van der Waals surface area contributed by atoms with Gasteiger partial charge in [0, 0.05) is 75.9 Å². The number of methoxy groups -OCH3 is 2. The van der Waals surface area contributed by atoms with Crippen LogP contribution in [0.2, 0.25) is 0 Å². The highest BCUT2D eigenvalue weighted by atomic mass is 16.5. The third-order valence-electron chi connectivity index (χ3n) is 7.37. The van der Waals surface area contributed by atoms with E-state index in [2.05, 4.69) is 62.9 Å². The van der Waals surface area contributed by atoms with E-state index < -0.39 is 0 Å². The first-order valence-corrected chi connectivity index (χ1v) is 13.0. The summed E-state index contributed by atoms with van der Waals surface area (Å²) in [6.45, 7) is 11.0. The van der Waals surface area contributed by atoms with Crippen LogP contribution in [0.15, 0.2) is 48.5 Å². The first-order chi connectivity index (χ1) is 16.7. The lowest BCUT2D eigenvalue weighted by Crippen LogP contribution is -2.59. The van der Waals surface area contributed by atoms with Crippen molar-refractivity contribution in [3.8, 4) is 11.5 Å². The van der Waals surface area contributed by atoms with Gasteiger partial charge in [-0.05, 0) is 30.7 Å². The first kappa shape index (κ1) is 24.7. The fraction of sp³-hybridized carbons (Fsp3) is 0.571. The van der Waals surface area contributed by atoms with E-state index in [1.165, 1.54) is 37.1 Å². The molecule has 2 aliphatic heterocycles. The molecule has 0 aliphatic carbocycles. The minimum absolute atomic E-state index is 0.548. The lowest BCUT2D eigenvalue weighted by Gasteiger charge is -2.47. The Balaban J connectivity index is 1.36. The van der Waals surface area contributed by atoms with Crippen LogP contribution in [-0.2, 0) is 0 Å². The Labute approximate surface area is 206 Å². The summed E-state index contributed by atoms with van der Waals surface area (Å²) in [6.07, 6.45) is 5.73. The number of hydrogen-bond acceptors (Lipinski definition) is 6. The molecule has 0 spiro atoms.